The Kier molecular flexibility index (Phi) is 8.30. The van der Waals surface area contributed by atoms with E-state index in [1.807, 2.05) is 54.2 Å². The highest BCUT2D eigenvalue weighted by Crippen LogP contribution is 2.33. The van der Waals surface area contributed by atoms with Gasteiger partial charge in [-0.1, -0.05) is 78.6 Å². The Hall–Kier alpha value is -4.47. The lowest BCUT2D eigenvalue weighted by atomic mass is 10.00. The lowest BCUT2D eigenvalue weighted by molar-refractivity contribution is -0.137. The molecule has 2 N–H and O–H groups in total. The van der Waals surface area contributed by atoms with Crippen LogP contribution in [0, 0.1) is 11.8 Å². The van der Waals surface area contributed by atoms with Gasteiger partial charge >= 0.3 is 5.97 Å². The number of ketones is 1. The van der Waals surface area contributed by atoms with Gasteiger partial charge in [0.15, 0.2) is 5.78 Å². The molecule has 194 valence electrons. The first kappa shape index (κ1) is 26.1. The molecule has 0 bridgehead atoms. The molecule has 0 aliphatic carbocycles. The van der Waals surface area contributed by atoms with E-state index < -0.39 is 12.0 Å². The first-order valence-electron chi connectivity index (χ1n) is 12.8. The number of thioether (sulfide) groups is 1. The molecule has 0 fully saturated rings. The number of nitrogens with zero attached hydrogens (tertiary/aromatic N) is 1. The standard InChI is InChI=1S/C33H28N2O3S/c36-32(26-10-2-1-3-11-26)27-12-4-5-13-28(27)34-29(33(37)38)23-25-18-16-24(17-19-25)9-8-20-35-21-22-39-31-15-7-6-14-30(31)35/h1-7,10-19,29,34H,20-23H2,(H,37,38)/t29-/m0/s1. The van der Waals surface area contributed by atoms with E-state index in [1.54, 1.807) is 36.4 Å². The second-order valence-corrected chi connectivity index (χ2v) is 10.4. The van der Waals surface area contributed by atoms with Crippen LogP contribution >= 0.6 is 11.8 Å². The maximum absolute atomic E-state index is 13.1. The number of rotatable bonds is 8. The number of carboxylic acid groups (broad SMARTS) is 1. The molecule has 6 heteroatoms. The topological polar surface area (TPSA) is 69.6 Å². The summed E-state index contributed by atoms with van der Waals surface area (Å²) in [6.07, 6.45) is 0.263. The van der Waals surface area contributed by atoms with Crippen molar-refractivity contribution in [3.8, 4) is 11.8 Å². The fraction of sp³-hybridized carbons (Fsp3) is 0.152. The molecule has 1 atom stereocenters. The van der Waals surface area contributed by atoms with E-state index in [0.717, 1.165) is 23.4 Å². The molecule has 0 saturated heterocycles. The van der Waals surface area contributed by atoms with Crippen molar-refractivity contribution in [3.63, 3.8) is 0 Å². The normalized spacial score (nSPS) is 13.0. The molecular weight excluding hydrogens is 504 g/mol. The summed E-state index contributed by atoms with van der Waals surface area (Å²) in [4.78, 5) is 28.8. The summed E-state index contributed by atoms with van der Waals surface area (Å²) in [7, 11) is 0. The van der Waals surface area contributed by atoms with E-state index in [2.05, 4.69) is 46.3 Å². The number of hydrogen-bond donors (Lipinski definition) is 2. The number of benzene rings is 4. The fourth-order valence-corrected chi connectivity index (χ4v) is 5.58. The van der Waals surface area contributed by atoms with Crippen LogP contribution in [-0.2, 0) is 11.2 Å². The summed E-state index contributed by atoms with van der Waals surface area (Å²) >= 11 is 1.88. The lowest BCUT2D eigenvalue weighted by Crippen LogP contribution is -2.32. The number of carboxylic acids is 1. The van der Waals surface area contributed by atoms with Crippen molar-refractivity contribution < 1.29 is 14.7 Å². The third kappa shape index (κ3) is 6.51. The Balaban J connectivity index is 1.25. The zero-order valence-electron chi connectivity index (χ0n) is 21.3. The number of fused-ring (bicyclic) bond motifs is 1. The number of carbonyl (C=O) groups is 2. The minimum absolute atomic E-state index is 0.155. The fourth-order valence-electron chi connectivity index (χ4n) is 4.53. The van der Waals surface area contributed by atoms with Crippen molar-refractivity contribution in [2.75, 3.05) is 29.1 Å². The first-order chi connectivity index (χ1) is 19.1. The van der Waals surface area contributed by atoms with E-state index >= 15 is 0 Å². The van der Waals surface area contributed by atoms with Crippen molar-refractivity contribution >= 4 is 34.9 Å². The predicted molar refractivity (Wildman–Crippen MR) is 158 cm³/mol. The van der Waals surface area contributed by atoms with Gasteiger partial charge in [-0.25, -0.2) is 4.79 Å². The average molecular weight is 533 g/mol. The van der Waals surface area contributed by atoms with Crippen LogP contribution in [0.3, 0.4) is 0 Å². The smallest absolute Gasteiger partial charge is 0.326 e. The van der Waals surface area contributed by atoms with Gasteiger partial charge in [-0.2, -0.15) is 0 Å². The molecule has 1 aliphatic rings. The van der Waals surface area contributed by atoms with Crippen LogP contribution in [0.15, 0.2) is 108 Å². The molecule has 1 heterocycles. The van der Waals surface area contributed by atoms with Crippen molar-refractivity contribution in [1.82, 2.24) is 0 Å². The molecule has 0 radical (unpaired) electrons. The Morgan fingerprint density at radius 1 is 0.897 bits per heavy atom. The highest BCUT2D eigenvalue weighted by Gasteiger charge is 2.21. The summed E-state index contributed by atoms with van der Waals surface area (Å²) in [5, 5.41) is 13.0. The minimum Gasteiger partial charge on any atom is -0.480 e. The highest BCUT2D eigenvalue weighted by molar-refractivity contribution is 7.99. The molecule has 0 saturated carbocycles. The molecule has 5 rings (SSSR count). The monoisotopic (exact) mass is 532 g/mol. The van der Waals surface area contributed by atoms with Gasteiger partial charge in [-0.3, -0.25) is 4.79 Å². The molecule has 0 aromatic heterocycles. The zero-order chi connectivity index (χ0) is 27.0. The second kappa shape index (κ2) is 12.4. The van der Waals surface area contributed by atoms with Gasteiger partial charge in [-0.15, -0.1) is 11.8 Å². The first-order valence-corrected chi connectivity index (χ1v) is 13.8. The molecule has 0 spiro atoms. The Morgan fingerprint density at radius 2 is 1.62 bits per heavy atom. The highest BCUT2D eigenvalue weighted by atomic mass is 32.2. The van der Waals surface area contributed by atoms with Crippen LogP contribution in [0.25, 0.3) is 0 Å². The number of para-hydroxylation sites is 2. The Morgan fingerprint density at radius 3 is 2.41 bits per heavy atom. The van der Waals surface area contributed by atoms with Gasteiger partial charge in [-0.05, 0) is 42.0 Å². The number of anilines is 2. The maximum Gasteiger partial charge on any atom is 0.326 e. The molecule has 39 heavy (non-hydrogen) atoms. The Bertz CT molecular complexity index is 1520. The van der Waals surface area contributed by atoms with Crippen molar-refractivity contribution in [3.05, 3.63) is 125 Å². The molecule has 4 aromatic carbocycles. The van der Waals surface area contributed by atoms with Gasteiger partial charge in [0.05, 0.1) is 12.2 Å². The number of aliphatic carboxylic acids is 1. The third-order valence-corrected chi connectivity index (χ3v) is 7.60. The second-order valence-electron chi connectivity index (χ2n) is 9.22. The molecule has 0 unspecified atom stereocenters. The van der Waals surface area contributed by atoms with Crippen LogP contribution < -0.4 is 10.2 Å². The van der Waals surface area contributed by atoms with Gasteiger partial charge in [0.2, 0.25) is 0 Å². The molecule has 1 aliphatic heterocycles. The predicted octanol–water partition coefficient (Wildman–Crippen LogP) is 5.99. The van der Waals surface area contributed by atoms with Crippen molar-refractivity contribution in [2.45, 2.75) is 17.4 Å². The van der Waals surface area contributed by atoms with Crippen LogP contribution in [-0.4, -0.2) is 41.7 Å². The van der Waals surface area contributed by atoms with Crippen LogP contribution in [0.2, 0.25) is 0 Å². The summed E-state index contributed by atoms with van der Waals surface area (Å²) in [6.45, 7) is 1.63. The molecule has 0 amide bonds. The lowest BCUT2D eigenvalue weighted by Gasteiger charge is -2.28. The number of nitrogens with one attached hydrogen (secondary N) is 1. The quantitative estimate of drug-likeness (QED) is 0.215. The zero-order valence-corrected chi connectivity index (χ0v) is 22.2. The van der Waals surface area contributed by atoms with Gasteiger partial charge < -0.3 is 15.3 Å². The largest absolute Gasteiger partial charge is 0.480 e. The third-order valence-electron chi connectivity index (χ3n) is 6.56. The van der Waals surface area contributed by atoms with Crippen molar-refractivity contribution in [1.29, 1.82) is 0 Å². The van der Waals surface area contributed by atoms with E-state index in [4.69, 9.17) is 0 Å². The van der Waals surface area contributed by atoms with E-state index in [-0.39, 0.29) is 12.2 Å². The van der Waals surface area contributed by atoms with Crippen LogP contribution in [0.1, 0.15) is 27.0 Å². The van der Waals surface area contributed by atoms with Crippen LogP contribution in [0.4, 0.5) is 11.4 Å². The number of carbonyl (C=O) groups excluding carboxylic acids is 1. The van der Waals surface area contributed by atoms with E-state index in [9.17, 15) is 14.7 Å². The Labute approximate surface area is 232 Å². The summed E-state index contributed by atoms with van der Waals surface area (Å²) in [5.41, 5.74) is 4.48. The molecule has 4 aromatic rings. The molecule has 5 nitrogen and oxygen atoms in total. The summed E-state index contributed by atoms with van der Waals surface area (Å²) < 4.78 is 0. The average Bonchev–Trinajstić information content (AvgIpc) is 2.98. The van der Waals surface area contributed by atoms with Crippen molar-refractivity contribution in [2.24, 2.45) is 0 Å². The molecular formula is C33H28N2O3S. The van der Waals surface area contributed by atoms with E-state index in [1.165, 1.54) is 10.6 Å². The van der Waals surface area contributed by atoms with E-state index in [0.29, 0.717) is 23.4 Å². The van der Waals surface area contributed by atoms with Crippen LogP contribution in [0.5, 0.6) is 0 Å². The maximum atomic E-state index is 13.1. The van der Waals surface area contributed by atoms with Gasteiger partial charge in [0.1, 0.15) is 6.04 Å². The number of hydrogen-bond acceptors (Lipinski definition) is 5. The summed E-state index contributed by atoms with van der Waals surface area (Å²) in [6, 6.07) is 31.2. The SMILES string of the molecule is O=C(c1ccccc1)c1ccccc1N[C@@H](Cc1ccc(C#CCN2CCSc3ccccc32)cc1)C(=O)O. The van der Waals surface area contributed by atoms with Gasteiger partial charge in [0.25, 0.3) is 0 Å². The van der Waals surface area contributed by atoms with Gasteiger partial charge in [0, 0.05) is 46.0 Å². The minimum atomic E-state index is -0.985. The summed E-state index contributed by atoms with van der Waals surface area (Å²) in [5.74, 6) is 6.43.